The van der Waals surface area contributed by atoms with Crippen molar-refractivity contribution in [2.24, 2.45) is 5.73 Å². The maximum Gasteiger partial charge on any atom is 0.297 e. The van der Waals surface area contributed by atoms with Gasteiger partial charge in [-0.25, -0.2) is 0 Å². The van der Waals surface area contributed by atoms with Gasteiger partial charge in [0.1, 0.15) is 4.90 Å². The fourth-order valence-corrected chi connectivity index (χ4v) is 3.03. The third-order valence-corrected chi connectivity index (χ3v) is 5.10. The van der Waals surface area contributed by atoms with Gasteiger partial charge in [-0.15, -0.1) is 0 Å². The van der Waals surface area contributed by atoms with Crippen molar-refractivity contribution in [2.75, 3.05) is 14.2 Å². The van der Waals surface area contributed by atoms with Crippen LogP contribution in [0.4, 0.5) is 0 Å². The second kappa shape index (κ2) is 6.58. The minimum absolute atomic E-state index is 0.425. The first-order valence-corrected chi connectivity index (χ1v) is 8.30. The van der Waals surface area contributed by atoms with Crippen molar-refractivity contribution in [3.8, 4) is 0 Å². The second-order valence-corrected chi connectivity index (χ2v) is 7.17. The number of rotatable bonds is 6. The van der Waals surface area contributed by atoms with Gasteiger partial charge in [0.15, 0.2) is 0 Å². The van der Waals surface area contributed by atoms with Crippen LogP contribution in [-0.2, 0) is 33.3 Å². The molecule has 0 amide bonds. The quantitative estimate of drug-likeness (QED) is 0.258. The molecule has 1 rings (SSSR count). The van der Waals surface area contributed by atoms with Crippen molar-refractivity contribution in [1.29, 1.82) is 5.41 Å². The minimum atomic E-state index is -4.27. The molecule has 0 aromatic heterocycles. The van der Waals surface area contributed by atoms with E-state index in [-0.39, 0.29) is 0 Å². The molecule has 1 atom stereocenters. The van der Waals surface area contributed by atoms with E-state index in [1.165, 1.54) is 0 Å². The Hall–Kier alpha value is -1.73. The Balaban J connectivity index is 3.58. The first kappa shape index (κ1) is 18.3. The van der Waals surface area contributed by atoms with E-state index in [0.29, 0.717) is 0 Å². The monoisotopic (exact) mass is 354 g/mol. The van der Waals surface area contributed by atoms with E-state index >= 15 is 0 Å². The lowest BCUT2D eigenvalue weighted by Gasteiger charge is -2.16. The molecule has 0 spiro atoms. The van der Waals surface area contributed by atoms with Crippen LogP contribution in [0.15, 0.2) is 28.0 Å². The largest absolute Gasteiger partial charge is 0.431 e. The highest BCUT2D eigenvalue weighted by Crippen LogP contribution is 2.28. The molecule has 22 heavy (non-hydrogen) atoms. The molecule has 0 heterocycles. The standard InChI is InChI=1S/C10H14N2O8S2/c1-18-21(14,15)6-3-4-8(22(16,17)19-2)7(5-6)9(13)20-10(11)12/h3-5,9,13H,1-2H3,(H3,11,12). The van der Waals surface area contributed by atoms with Gasteiger partial charge in [0.05, 0.1) is 19.1 Å². The Kier molecular flexibility index (Phi) is 5.48. The first-order chi connectivity index (χ1) is 10.0. The van der Waals surface area contributed by atoms with E-state index in [9.17, 15) is 21.9 Å². The smallest absolute Gasteiger partial charge is 0.297 e. The lowest BCUT2D eigenvalue weighted by Crippen LogP contribution is -2.20. The maximum absolute atomic E-state index is 11.8. The van der Waals surface area contributed by atoms with Gasteiger partial charge in [0.2, 0.25) is 6.29 Å². The molecule has 12 heteroatoms. The van der Waals surface area contributed by atoms with Crippen LogP contribution in [0.5, 0.6) is 0 Å². The Morgan fingerprint density at radius 3 is 2.18 bits per heavy atom. The fraction of sp³-hybridized carbons (Fsp3) is 0.300. The minimum Gasteiger partial charge on any atom is -0.431 e. The van der Waals surface area contributed by atoms with E-state index in [1.54, 1.807) is 0 Å². The van der Waals surface area contributed by atoms with Gasteiger partial charge in [-0.1, -0.05) is 0 Å². The number of nitrogens with one attached hydrogen (secondary N) is 1. The normalized spacial score (nSPS) is 13.6. The number of ether oxygens (including phenoxy) is 1. The molecule has 1 aromatic carbocycles. The summed E-state index contributed by atoms with van der Waals surface area (Å²) in [6.45, 7) is 0. The van der Waals surface area contributed by atoms with Gasteiger partial charge in [0.25, 0.3) is 26.3 Å². The van der Waals surface area contributed by atoms with E-state index < -0.39 is 47.9 Å². The van der Waals surface area contributed by atoms with E-state index in [4.69, 9.17) is 11.1 Å². The predicted octanol–water partition coefficient (Wildman–Crippen LogP) is -0.742. The summed E-state index contributed by atoms with van der Waals surface area (Å²) in [4.78, 5) is -0.968. The highest BCUT2D eigenvalue weighted by molar-refractivity contribution is 7.87. The van der Waals surface area contributed by atoms with Gasteiger partial charge < -0.3 is 15.6 Å². The Morgan fingerprint density at radius 1 is 1.18 bits per heavy atom. The number of amidine groups is 1. The summed E-state index contributed by atoms with van der Waals surface area (Å²) in [7, 11) is -6.60. The summed E-state index contributed by atoms with van der Waals surface area (Å²) in [5.41, 5.74) is 4.47. The molecule has 0 radical (unpaired) electrons. The third kappa shape index (κ3) is 3.92. The number of hydrogen-bond acceptors (Lipinski definition) is 9. The fourth-order valence-electron chi connectivity index (χ4n) is 1.47. The van der Waals surface area contributed by atoms with E-state index in [0.717, 1.165) is 32.4 Å². The molecule has 0 aliphatic heterocycles. The number of benzene rings is 1. The van der Waals surface area contributed by atoms with E-state index in [2.05, 4.69) is 13.1 Å². The zero-order valence-electron chi connectivity index (χ0n) is 11.5. The third-order valence-electron chi connectivity index (χ3n) is 2.48. The number of hydrogen-bond donors (Lipinski definition) is 3. The highest BCUT2D eigenvalue weighted by Gasteiger charge is 2.27. The van der Waals surface area contributed by atoms with Crippen LogP contribution in [0.3, 0.4) is 0 Å². The summed E-state index contributed by atoms with van der Waals surface area (Å²) in [6.07, 6.45) is -2.00. The summed E-state index contributed by atoms with van der Waals surface area (Å²) >= 11 is 0. The second-order valence-electron chi connectivity index (χ2n) is 3.78. The van der Waals surface area contributed by atoms with Crippen LogP contribution in [0, 0.1) is 5.41 Å². The topological polar surface area (TPSA) is 166 Å². The molecule has 0 aliphatic rings. The number of nitrogens with two attached hydrogens (primary N) is 1. The van der Waals surface area contributed by atoms with Gasteiger partial charge in [-0.05, 0) is 18.2 Å². The van der Waals surface area contributed by atoms with Crippen molar-refractivity contribution in [1.82, 2.24) is 0 Å². The molecular formula is C10H14N2O8S2. The molecule has 4 N–H and O–H groups in total. The van der Waals surface area contributed by atoms with Gasteiger partial charge >= 0.3 is 0 Å². The lowest BCUT2D eigenvalue weighted by molar-refractivity contribution is -0.0344. The Labute approximate surface area is 127 Å². The van der Waals surface area contributed by atoms with Crippen molar-refractivity contribution < 1.29 is 35.0 Å². The van der Waals surface area contributed by atoms with Gasteiger partial charge in [0, 0.05) is 5.56 Å². The molecule has 124 valence electrons. The molecule has 0 saturated carbocycles. The molecule has 0 bridgehead atoms. The highest BCUT2D eigenvalue weighted by atomic mass is 32.2. The van der Waals surface area contributed by atoms with Crippen LogP contribution in [-0.4, -0.2) is 42.2 Å². The SMILES string of the molecule is COS(=O)(=O)c1ccc(S(=O)(=O)OC)c(C(O)OC(=N)N)c1. The lowest BCUT2D eigenvalue weighted by atomic mass is 10.2. The molecule has 0 saturated heterocycles. The van der Waals surface area contributed by atoms with Crippen molar-refractivity contribution in [3.63, 3.8) is 0 Å². The van der Waals surface area contributed by atoms with Crippen molar-refractivity contribution >= 4 is 26.3 Å². The van der Waals surface area contributed by atoms with Crippen molar-refractivity contribution in [3.05, 3.63) is 23.8 Å². The van der Waals surface area contributed by atoms with Crippen LogP contribution in [0.25, 0.3) is 0 Å². The molecule has 0 fully saturated rings. The zero-order valence-corrected chi connectivity index (χ0v) is 13.1. The summed E-state index contributed by atoms with van der Waals surface area (Å²) in [6, 6.07) is 1.77. The molecule has 1 aromatic rings. The average molecular weight is 354 g/mol. The van der Waals surface area contributed by atoms with Crippen molar-refractivity contribution in [2.45, 2.75) is 16.1 Å². The first-order valence-electron chi connectivity index (χ1n) is 5.49. The Bertz CT molecular complexity index is 772. The predicted molar refractivity (Wildman–Crippen MR) is 72.8 cm³/mol. The van der Waals surface area contributed by atoms with Gasteiger partial charge in [-0.3, -0.25) is 13.8 Å². The van der Waals surface area contributed by atoms with Crippen LogP contribution in [0.2, 0.25) is 0 Å². The van der Waals surface area contributed by atoms with E-state index in [1.807, 2.05) is 0 Å². The zero-order chi connectivity index (χ0) is 17.1. The average Bonchev–Trinajstić information content (AvgIpc) is 2.45. The van der Waals surface area contributed by atoms with Gasteiger partial charge in [-0.2, -0.15) is 16.8 Å². The maximum atomic E-state index is 11.8. The Morgan fingerprint density at radius 2 is 1.73 bits per heavy atom. The molecular weight excluding hydrogens is 340 g/mol. The van der Waals surface area contributed by atoms with Crippen LogP contribution < -0.4 is 5.73 Å². The number of aliphatic hydroxyl groups is 1. The molecule has 1 unspecified atom stereocenters. The molecule has 10 nitrogen and oxygen atoms in total. The number of aliphatic hydroxyl groups excluding tert-OH is 1. The summed E-state index contributed by atoms with van der Waals surface area (Å²) in [5, 5.41) is 16.7. The molecule has 0 aliphatic carbocycles. The summed E-state index contributed by atoms with van der Waals surface area (Å²) in [5.74, 6) is 0. The van der Waals surface area contributed by atoms with Crippen LogP contribution >= 0.6 is 0 Å². The van der Waals surface area contributed by atoms with Crippen LogP contribution in [0.1, 0.15) is 11.9 Å². The summed E-state index contributed by atoms with van der Waals surface area (Å²) < 4.78 is 59.9.